The number of aromatic hydroxyl groups is 1. The molecule has 0 aliphatic carbocycles. The van der Waals surface area contributed by atoms with Crippen molar-refractivity contribution in [3.05, 3.63) is 65.5 Å². The van der Waals surface area contributed by atoms with Crippen LogP contribution in [0.15, 0.2) is 48.5 Å². The zero-order chi connectivity index (χ0) is 12.7. The summed E-state index contributed by atoms with van der Waals surface area (Å²) >= 11 is 0. The first-order valence-electron chi connectivity index (χ1n) is 5.62. The van der Waals surface area contributed by atoms with Gasteiger partial charge in [0.15, 0.2) is 0 Å². The van der Waals surface area contributed by atoms with Crippen molar-refractivity contribution < 1.29 is 9.50 Å². The van der Waals surface area contributed by atoms with Crippen LogP contribution in [0.1, 0.15) is 18.1 Å². The molecule has 1 N–H and O–H groups in total. The molecule has 90 valence electrons. The van der Waals surface area contributed by atoms with Crippen LogP contribution < -0.4 is 0 Å². The summed E-state index contributed by atoms with van der Waals surface area (Å²) in [6.07, 6.45) is 1.03. The Balaban J connectivity index is 0.000000171. The second-order valence-electron chi connectivity index (χ2n) is 3.82. The summed E-state index contributed by atoms with van der Waals surface area (Å²) in [7, 11) is 0. The Morgan fingerprint density at radius 3 is 1.88 bits per heavy atom. The Morgan fingerprint density at radius 1 is 0.941 bits per heavy atom. The second-order valence-corrected chi connectivity index (χ2v) is 3.82. The lowest BCUT2D eigenvalue weighted by molar-refractivity contribution is 0.475. The molecule has 2 rings (SSSR count). The predicted octanol–water partition coefficient (Wildman–Crippen LogP) is 4.09. The molecule has 0 amide bonds. The zero-order valence-corrected chi connectivity index (χ0v) is 10.2. The molecule has 0 heterocycles. The van der Waals surface area contributed by atoms with Crippen molar-refractivity contribution in [1.29, 1.82) is 0 Å². The van der Waals surface area contributed by atoms with Crippen molar-refractivity contribution in [2.45, 2.75) is 20.3 Å². The van der Waals surface area contributed by atoms with E-state index in [1.807, 2.05) is 19.1 Å². The number of hydrogen-bond acceptors (Lipinski definition) is 1. The summed E-state index contributed by atoms with van der Waals surface area (Å²) in [5.74, 6) is 0.169. The SMILES string of the molecule is CCc1ccc(O)cc1.Cc1ccc(F)cc1. The van der Waals surface area contributed by atoms with Crippen molar-refractivity contribution in [1.82, 2.24) is 0 Å². The molecule has 0 bridgehead atoms. The van der Waals surface area contributed by atoms with Crippen LogP contribution in [0, 0.1) is 12.7 Å². The number of phenols is 1. The van der Waals surface area contributed by atoms with E-state index in [9.17, 15) is 4.39 Å². The molecular weight excluding hydrogens is 215 g/mol. The van der Waals surface area contributed by atoms with E-state index < -0.39 is 0 Å². The third-order valence-corrected chi connectivity index (χ3v) is 2.36. The smallest absolute Gasteiger partial charge is 0.123 e. The largest absolute Gasteiger partial charge is 0.508 e. The van der Waals surface area contributed by atoms with Crippen LogP contribution in [0.5, 0.6) is 5.75 Å². The zero-order valence-electron chi connectivity index (χ0n) is 10.2. The van der Waals surface area contributed by atoms with Crippen molar-refractivity contribution in [2.24, 2.45) is 0 Å². The molecule has 0 atom stereocenters. The van der Waals surface area contributed by atoms with Gasteiger partial charge in [0, 0.05) is 0 Å². The van der Waals surface area contributed by atoms with E-state index in [1.165, 1.54) is 17.7 Å². The first-order valence-corrected chi connectivity index (χ1v) is 5.62. The lowest BCUT2D eigenvalue weighted by atomic mass is 10.2. The van der Waals surface area contributed by atoms with Gasteiger partial charge in [-0.2, -0.15) is 0 Å². The van der Waals surface area contributed by atoms with Crippen molar-refractivity contribution in [3.63, 3.8) is 0 Å². The Labute approximate surface area is 102 Å². The van der Waals surface area contributed by atoms with Crippen LogP contribution in [0.25, 0.3) is 0 Å². The van der Waals surface area contributed by atoms with Gasteiger partial charge in [0.25, 0.3) is 0 Å². The first kappa shape index (κ1) is 13.2. The van der Waals surface area contributed by atoms with Crippen LogP contribution in [-0.2, 0) is 6.42 Å². The summed E-state index contributed by atoms with van der Waals surface area (Å²) in [4.78, 5) is 0. The van der Waals surface area contributed by atoms with Crippen LogP contribution in [0.4, 0.5) is 4.39 Å². The summed E-state index contributed by atoms with van der Waals surface area (Å²) in [5.41, 5.74) is 2.35. The number of hydrogen-bond donors (Lipinski definition) is 1. The average Bonchev–Trinajstić information content (AvgIpc) is 2.35. The highest BCUT2D eigenvalue weighted by atomic mass is 19.1. The number of benzene rings is 2. The van der Waals surface area contributed by atoms with Gasteiger partial charge in [-0.15, -0.1) is 0 Å². The van der Waals surface area contributed by atoms with Crippen LogP contribution in [0.2, 0.25) is 0 Å². The maximum atomic E-state index is 12.1. The Hall–Kier alpha value is -1.83. The molecule has 0 saturated heterocycles. The minimum atomic E-state index is -0.171. The standard InChI is InChI=1S/C8H10O.C7H7F/c1-2-7-3-5-8(9)6-4-7;1-6-2-4-7(8)5-3-6/h3-6,9H,2H2,1H3;2-5H,1H3. The summed E-state index contributed by atoms with van der Waals surface area (Å²) < 4.78 is 12.1. The lowest BCUT2D eigenvalue weighted by Crippen LogP contribution is -1.75. The van der Waals surface area contributed by atoms with Gasteiger partial charge in [-0.1, -0.05) is 36.8 Å². The molecule has 0 saturated carbocycles. The number of aryl methyl sites for hydroxylation is 2. The van der Waals surface area contributed by atoms with Gasteiger partial charge < -0.3 is 5.11 Å². The van der Waals surface area contributed by atoms with Gasteiger partial charge in [0.2, 0.25) is 0 Å². The molecule has 2 aromatic rings. The van der Waals surface area contributed by atoms with E-state index in [0.717, 1.165) is 12.0 Å². The van der Waals surface area contributed by atoms with E-state index >= 15 is 0 Å². The molecule has 1 nitrogen and oxygen atoms in total. The number of phenolic OH excluding ortho intramolecular Hbond substituents is 1. The van der Waals surface area contributed by atoms with Gasteiger partial charge in [-0.3, -0.25) is 0 Å². The predicted molar refractivity (Wildman–Crippen MR) is 68.6 cm³/mol. The molecule has 0 aromatic heterocycles. The molecule has 0 unspecified atom stereocenters. The van der Waals surface area contributed by atoms with Crippen molar-refractivity contribution in [3.8, 4) is 5.75 Å². The quantitative estimate of drug-likeness (QED) is 0.785. The van der Waals surface area contributed by atoms with Crippen LogP contribution in [0.3, 0.4) is 0 Å². The van der Waals surface area contributed by atoms with Crippen LogP contribution in [-0.4, -0.2) is 5.11 Å². The van der Waals surface area contributed by atoms with Gasteiger partial charge in [0.05, 0.1) is 0 Å². The maximum absolute atomic E-state index is 12.1. The van der Waals surface area contributed by atoms with Gasteiger partial charge in [-0.05, 0) is 43.2 Å². The molecule has 0 aliphatic rings. The Kier molecular flexibility index (Phi) is 5.21. The summed E-state index contributed by atoms with van der Waals surface area (Å²) in [6, 6.07) is 13.7. The second kappa shape index (κ2) is 6.69. The van der Waals surface area contributed by atoms with Gasteiger partial charge in [-0.25, -0.2) is 4.39 Å². The molecule has 17 heavy (non-hydrogen) atoms. The van der Waals surface area contributed by atoms with E-state index in [-0.39, 0.29) is 5.82 Å². The molecule has 0 aliphatic heterocycles. The van der Waals surface area contributed by atoms with Gasteiger partial charge in [0.1, 0.15) is 11.6 Å². The van der Waals surface area contributed by atoms with E-state index in [4.69, 9.17) is 5.11 Å². The van der Waals surface area contributed by atoms with E-state index in [2.05, 4.69) is 6.92 Å². The normalized spacial score (nSPS) is 9.35. The molecule has 0 radical (unpaired) electrons. The minimum absolute atomic E-state index is 0.171. The molecular formula is C15H17FO. The molecule has 2 aromatic carbocycles. The van der Waals surface area contributed by atoms with Crippen molar-refractivity contribution >= 4 is 0 Å². The average molecular weight is 232 g/mol. The maximum Gasteiger partial charge on any atom is 0.123 e. The third-order valence-electron chi connectivity index (χ3n) is 2.36. The highest BCUT2D eigenvalue weighted by Crippen LogP contribution is 2.09. The molecule has 0 spiro atoms. The number of rotatable bonds is 1. The topological polar surface area (TPSA) is 20.2 Å². The van der Waals surface area contributed by atoms with Gasteiger partial charge >= 0.3 is 0 Å². The molecule has 0 fully saturated rings. The molecule has 2 heteroatoms. The van der Waals surface area contributed by atoms with Crippen molar-refractivity contribution in [2.75, 3.05) is 0 Å². The Bertz CT molecular complexity index is 410. The fourth-order valence-corrected chi connectivity index (χ4v) is 1.26. The Morgan fingerprint density at radius 2 is 1.47 bits per heavy atom. The highest BCUT2D eigenvalue weighted by Gasteiger charge is 1.86. The fraction of sp³-hybridized carbons (Fsp3) is 0.200. The highest BCUT2D eigenvalue weighted by molar-refractivity contribution is 5.25. The summed E-state index contributed by atoms with van der Waals surface area (Å²) in [5, 5.41) is 8.85. The van der Waals surface area contributed by atoms with E-state index in [1.54, 1.807) is 24.3 Å². The minimum Gasteiger partial charge on any atom is -0.508 e. The van der Waals surface area contributed by atoms with E-state index in [0.29, 0.717) is 5.75 Å². The number of halogens is 1. The first-order chi connectivity index (χ1) is 8.11. The van der Waals surface area contributed by atoms with Crippen LogP contribution >= 0.6 is 0 Å². The fourth-order valence-electron chi connectivity index (χ4n) is 1.26. The third kappa shape index (κ3) is 5.16. The lowest BCUT2D eigenvalue weighted by Gasteiger charge is -1.93. The monoisotopic (exact) mass is 232 g/mol. The summed E-state index contributed by atoms with van der Waals surface area (Å²) in [6.45, 7) is 4.02.